The van der Waals surface area contributed by atoms with Crippen LogP contribution in [0.15, 0.2) is 29.2 Å². The molecule has 0 bridgehead atoms. The first-order valence-electron chi connectivity index (χ1n) is 7.98. The van der Waals surface area contributed by atoms with E-state index in [1.165, 1.54) is 12.8 Å². The standard InChI is InChI=1S/C17H26N2O2S.ClH/c1-13(22-16-7-5-15(21-2)6-8-16)17(20)19-11-9-14-4-3-10-18-12-14;/h5-8,13-14,18H,3-4,9-12H2,1-2H3,(H,19,20);1H. The first-order valence-corrected chi connectivity index (χ1v) is 8.86. The third-order valence-corrected chi connectivity index (χ3v) is 5.10. The molecule has 1 amide bonds. The highest BCUT2D eigenvalue weighted by Crippen LogP contribution is 2.25. The fourth-order valence-corrected chi connectivity index (χ4v) is 3.52. The quantitative estimate of drug-likeness (QED) is 0.735. The predicted octanol–water partition coefficient (Wildman–Crippen LogP) is 3.10. The summed E-state index contributed by atoms with van der Waals surface area (Å²) in [7, 11) is 1.65. The number of carbonyl (C=O) groups is 1. The minimum atomic E-state index is -0.0853. The van der Waals surface area contributed by atoms with Crippen molar-refractivity contribution >= 4 is 30.1 Å². The molecule has 130 valence electrons. The van der Waals surface area contributed by atoms with Crippen LogP contribution in [0.3, 0.4) is 0 Å². The summed E-state index contributed by atoms with van der Waals surface area (Å²) in [4.78, 5) is 13.2. The average Bonchev–Trinajstić information content (AvgIpc) is 2.56. The van der Waals surface area contributed by atoms with E-state index in [0.29, 0.717) is 5.92 Å². The number of methoxy groups -OCH3 is 1. The summed E-state index contributed by atoms with van der Waals surface area (Å²) in [5.41, 5.74) is 0. The van der Waals surface area contributed by atoms with Gasteiger partial charge in [-0.15, -0.1) is 24.2 Å². The van der Waals surface area contributed by atoms with E-state index < -0.39 is 0 Å². The van der Waals surface area contributed by atoms with Gasteiger partial charge in [0.2, 0.25) is 5.91 Å². The second-order valence-electron chi connectivity index (χ2n) is 5.73. The highest BCUT2D eigenvalue weighted by atomic mass is 35.5. The molecule has 0 radical (unpaired) electrons. The number of rotatable bonds is 7. The molecule has 0 aromatic heterocycles. The summed E-state index contributed by atoms with van der Waals surface area (Å²) in [6.45, 7) is 4.95. The number of benzene rings is 1. The Morgan fingerprint density at radius 2 is 2.17 bits per heavy atom. The van der Waals surface area contributed by atoms with Crippen molar-refractivity contribution in [3.63, 3.8) is 0 Å². The number of hydrogen-bond donors (Lipinski definition) is 2. The van der Waals surface area contributed by atoms with E-state index in [1.54, 1.807) is 18.9 Å². The van der Waals surface area contributed by atoms with Crippen LogP contribution in [0, 0.1) is 5.92 Å². The number of halogens is 1. The Balaban J connectivity index is 0.00000264. The van der Waals surface area contributed by atoms with Gasteiger partial charge in [0.05, 0.1) is 12.4 Å². The molecule has 1 aromatic rings. The Morgan fingerprint density at radius 3 is 2.78 bits per heavy atom. The van der Waals surface area contributed by atoms with Gasteiger partial charge in [0.1, 0.15) is 5.75 Å². The Bertz CT molecular complexity index is 464. The maximum absolute atomic E-state index is 12.1. The number of ether oxygens (including phenoxy) is 1. The summed E-state index contributed by atoms with van der Waals surface area (Å²) in [6.07, 6.45) is 3.60. The maximum atomic E-state index is 12.1. The van der Waals surface area contributed by atoms with Crippen molar-refractivity contribution in [1.82, 2.24) is 10.6 Å². The van der Waals surface area contributed by atoms with Gasteiger partial charge in [-0.2, -0.15) is 0 Å². The molecule has 2 N–H and O–H groups in total. The van der Waals surface area contributed by atoms with E-state index in [2.05, 4.69) is 10.6 Å². The van der Waals surface area contributed by atoms with E-state index in [-0.39, 0.29) is 23.6 Å². The summed E-state index contributed by atoms with van der Waals surface area (Å²) in [6, 6.07) is 7.81. The number of nitrogens with one attached hydrogen (secondary N) is 2. The molecule has 0 aliphatic carbocycles. The molecule has 2 unspecified atom stereocenters. The van der Waals surface area contributed by atoms with Gasteiger partial charge in [-0.1, -0.05) is 0 Å². The Kier molecular flexibility index (Phi) is 9.44. The first kappa shape index (κ1) is 20.1. The van der Waals surface area contributed by atoms with Crippen molar-refractivity contribution in [2.45, 2.75) is 36.3 Å². The zero-order chi connectivity index (χ0) is 15.8. The lowest BCUT2D eigenvalue weighted by molar-refractivity contribution is -0.120. The highest BCUT2D eigenvalue weighted by molar-refractivity contribution is 8.00. The van der Waals surface area contributed by atoms with Crippen molar-refractivity contribution in [2.24, 2.45) is 5.92 Å². The highest BCUT2D eigenvalue weighted by Gasteiger charge is 2.16. The maximum Gasteiger partial charge on any atom is 0.233 e. The molecule has 1 aromatic carbocycles. The second kappa shape index (κ2) is 10.8. The predicted molar refractivity (Wildman–Crippen MR) is 98.8 cm³/mol. The molecule has 1 heterocycles. The molecule has 1 saturated heterocycles. The van der Waals surface area contributed by atoms with Crippen LogP contribution in [0.1, 0.15) is 26.2 Å². The molecule has 2 atom stereocenters. The van der Waals surface area contributed by atoms with Crippen molar-refractivity contribution in [2.75, 3.05) is 26.7 Å². The van der Waals surface area contributed by atoms with Crippen molar-refractivity contribution in [3.8, 4) is 5.75 Å². The normalized spacial score (nSPS) is 18.6. The van der Waals surface area contributed by atoms with Gasteiger partial charge in [-0.05, 0) is 69.5 Å². The van der Waals surface area contributed by atoms with Crippen LogP contribution in [-0.4, -0.2) is 37.9 Å². The van der Waals surface area contributed by atoms with Gasteiger partial charge in [-0.25, -0.2) is 0 Å². The van der Waals surface area contributed by atoms with Gasteiger partial charge in [0.25, 0.3) is 0 Å². The Hall–Kier alpha value is -0.910. The van der Waals surface area contributed by atoms with Crippen LogP contribution in [0.5, 0.6) is 5.75 Å². The van der Waals surface area contributed by atoms with E-state index in [9.17, 15) is 4.79 Å². The number of amides is 1. The van der Waals surface area contributed by atoms with E-state index in [1.807, 2.05) is 31.2 Å². The lowest BCUT2D eigenvalue weighted by atomic mass is 9.96. The monoisotopic (exact) mass is 358 g/mol. The smallest absolute Gasteiger partial charge is 0.233 e. The fraction of sp³-hybridized carbons (Fsp3) is 0.588. The summed E-state index contributed by atoms with van der Waals surface area (Å²) >= 11 is 1.58. The fourth-order valence-electron chi connectivity index (χ4n) is 2.63. The van der Waals surface area contributed by atoms with Crippen LogP contribution in [0.4, 0.5) is 0 Å². The number of carbonyl (C=O) groups excluding carboxylic acids is 1. The molecule has 0 spiro atoms. The topological polar surface area (TPSA) is 50.4 Å². The first-order chi connectivity index (χ1) is 10.7. The zero-order valence-corrected chi connectivity index (χ0v) is 15.5. The molecule has 6 heteroatoms. The molecule has 1 fully saturated rings. The average molecular weight is 359 g/mol. The molecule has 1 aliphatic rings. The van der Waals surface area contributed by atoms with Gasteiger partial charge >= 0.3 is 0 Å². The molecule has 0 saturated carbocycles. The van der Waals surface area contributed by atoms with Crippen LogP contribution in [0.2, 0.25) is 0 Å². The van der Waals surface area contributed by atoms with E-state index in [0.717, 1.165) is 36.7 Å². The number of hydrogen-bond acceptors (Lipinski definition) is 4. The molecule has 1 aliphatic heterocycles. The summed E-state index contributed by atoms with van der Waals surface area (Å²) in [5.74, 6) is 1.66. The van der Waals surface area contributed by atoms with Crippen molar-refractivity contribution in [3.05, 3.63) is 24.3 Å². The summed E-state index contributed by atoms with van der Waals surface area (Å²) < 4.78 is 5.14. The van der Waals surface area contributed by atoms with Gasteiger partial charge in [0, 0.05) is 11.4 Å². The molecule has 4 nitrogen and oxygen atoms in total. The number of piperidine rings is 1. The lowest BCUT2D eigenvalue weighted by Crippen LogP contribution is -2.35. The third kappa shape index (κ3) is 7.02. The van der Waals surface area contributed by atoms with Crippen LogP contribution in [-0.2, 0) is 4.79 Å². The Labute approximate surface area is 149 Å². The van der Waals surface area contributed by atoms with E-state index >= 15 is 0 Å². The van der Waals surface area contributed by atoms with Crippen LogP contribution < -0.4 is 15.4 Å². The van der Waals surface area contributed by atoms with E-state index in [4.69, 9.17) is 4.74 Å². The van der Waals surface area contributed by atoms with Crippen LogP contribution in [0.25, 0.3) is 0 Å². The van der Waals surface area contributed by atoms with Gasteiger partial charge in [0.15, 0.2) is 0 Å². The minimum absolute atomic E-state index is 0. The zero-order valence-electron chi connectivity index (χ0n) is 13.8. The Morgan fingerprint density at radius 1 is 1.43 bits per heavy atom. The van der Waals surface area contributed by atoms with Gasteiger partial charge in [-0.3, -0.25) is 4.79 Å². The molecular formula is C17H27ClN2O2S. The van der Waals surface area contributed by atoms with Crippen molar-refractivity contribution in [1.29, 1.82) is 0 Å². The second-order valence-corrected chi connectivity index (χ2v) is 7.14. The lowest BCUT2D eigenvalue weighted by Gasteiger charge is -2.23. The minimum Gasteiger partial charge on any atom is -0.497 e. The largest absolute Gasteiger partial charge is 0.497 e. The summed E-state index contributed by atoms with van der Waals surface area (Å²) in [5, 5.41) is 6.39. The van der Waals surface area contributed by atoms with Gasteiger partial charge < -0.3 is 15.4 Å². The SMILES string of the molecule is COc1ccc(SC(C)C(=O)NCCC2CCCNC2)cc1.Cl. The third-order valence-electron chi connectivity index (χ3n) is 3.99. The molecular weight excluding hydrogens is 332 g/mol. The molecule has 23 heavy (non-hydrogen) atoms. The van der Waals surface area contributed by atoms with Crippen LogP contribution >= 0.6 is 24.2 Å². The number of thioether (sulfide) groups is 1. The van der Waals surface area contributed by atoms with Crippen molar-refractivity contribution < 1.29 is 9.53 Å². The molecule has 2 rings (SSSR count).